The number of ether oxygens (including phenoxy) is 1. The van der Waals surface area contributed by atoms with Crippen molar-refractivity contribution < 1.29 is 28.3 Å². The Morgan fingerprint density at radius 3 is 2.27 bits per heavy atom. The molecule has 0 saturated heterocycles. The zero-order valence-corrected chi connectivity index (χ0v) is 13.6. The molecular weight excluding hydrogens is 343 g/mol. The Kier molecular flexibility index (Phi) is 4.25. The van der Waals surface area contributed by atoms with E-state index in [0.717, 1.165) is 17.0 Å². The standard InChI is InChI=1S/C18H13FN2O5/c1-9(15(20)22)26-18(25)10-2-7-13-14(8-10)17(24)21(16(13)23)12-5-3-11(19)4-6-12/h2-9H,1H3,(H2,20,22)/t9-/m1/s1. The van der Waals surface area contributed by atoms with Gasteiger partial charge in [-0.05, 0) is 49.4 Å². The average Bonchev–Trinajstić information content (AvgIpc) is 2.86. The van der Waals surface area contributed by atoms with E-state index >= 15 is 0 Å². The van der Waals surface area contributed by atoms with Crippen LogP contribution in [0.5, 0.6) is 0 Å². The smallest absolute Gasteiger partial charge is 0.338 e. The summed E-state index contributed by atoms with van der Waals surface area (Å²) in [7, 11) is 0. The van der Waals surface area contributed by atoms with Gasteiger partial charge in [-0.25, -0.2) is 14.1 Å². The molecule has 3 amide bonds. The van der Waals surface area contributed by atoms with Crippen molar-refractivity contribution in [3.8, 4) is 0 Å². The molecule has 2 aromatic rings. The van der Waals surface area contributed by atoms with Crippen molar-refractivity contribution in [3.05, 3.63) is 65.0 Å². The van der Waals surface area contributed by atoms with Crippen LogP contribution in [0, 0.1) is 5.82 Å². The first-order chi connectivity index (χ1) is 12.3. The largest absolute Gasteiger partial charge is 0.449 e. The quantitative estimate of drug-likeness (QED) is 0.662. The summed E-state index contributed by atoms with van der Waals surface area (Å²) in [6.07, 6.45) is -1.14. The zero-order chi connectivity index (χ0) is 19.0. The van der Waals surface area contributed by atoms with E-state index in [0.29, 0.717) is 0 Å². The minimum atomic E-state index is -1.14. The Labute approximate surface area is 147 Å². The highest BCUT2D eigenvalue weighted by Gasteiger charge is 2.37. The number of carbonyl (C=O) groups is 4. The number of fused-ring (bicyclic) bond motifs is 1. The van der Waals surface area contributed by atoms with E-state index in [2.05, 4.69) is 0 Å². The van der Waals surface area contributed by atoms with Crippen molar-refractivity contribution in [1.29, 1.82) is 0 Å². The van der Waals surface area contributed by atoms with E-state index < -0.39 is 35.6 Å². The third kappa shape index (κ3) is 2.92. The number of halogens is 1. The molecule has 0 aliphatic carbocycles. The molecule has 7 nitrogen and oxygen atoms in total. The summed E-state index contributed by atoms with van der Waals surface area (Å²) in [6, 6.07) is 8.73. The number of carbonyl (C=O) groups excluding carboxylic acids is 4. The fraction of sp³-hybridized carbons (Fsp3) is 0.111. The average molecular weight is 356 g/mol. The summed E-state index contributed by atoms with van der Waals surface area (Å²) in [4.78, 5) is 49.0. The van der Waals surface area contributed by atoms with E-state index in [1.165, 1.54) is 37.3 Å². The molecule has 0 radical (unpaired) electrons. The Hall–Kier alpha value is -3.55. The third-order valence-corrected chi connectivity index (χ3v) is 3.89. The molecule has 2 aromatic carbocycles. The number of primary amides is 1. The van der Waals surface area contributed by atoms with Crippen molar-refractivity contribution in [2.24, 2.45) is 5.73 Å². The van der Waals surface area contributed by atoms with Crippen LogP contribution >= 0.6 is 0 Å². The summed E-state index contributed by atoms with van der Waals surface area (Å²) in [5.41, 5.74) is 5.37. The van der Waals surface area contributed by atoms with E-state index in [4.69, 9.17) is 10.5 Å². The van der Waals surface area contributed by atoms with Crippen LogP contribution < -0.4 is 10.6 Å². The maximum absolute atomic E-state index is 13.1. The lowest BCUT2D eigenvalue weighted by molar-refractivity contribution is -0.125. The first kappa shape index (κ1) is 17.3. The maximum atomic E-state index is 13.1. The van der Waals surface area contributed by atoms with Crippen molar-refractivity contribution in [2.45, 2.75) is 13.0 Å². The van der Waals surface area contributed by atoms with E-state index in [-0.39, 0.29) is 22.4 Å². The van der Waals surface area contributed by atoms with Crippen LogP contribution in [0.4, 0.5) is 10.1 Å². The molecule has 132 valence electrons. The highest BCUT2D eigenvalue weighted by Crippen LogP contribution is 2.29. The molecule has 3 rings (SSSR count). The number of hydrogen-bond acceptors (Lipinski definition) is 5. The fourth-order valence-corrected chi connectivity index (χ4v) is 2.48. The van der Waals surface area contributed by atoms with Gasteiger partial charge in [0.25, 0.3) is 17.7 Å². The lowest BCUT2D eigenvalue weighted by Crippen LogP contribution is -2.30. The lowest BCUT2D eigenvalue weighted by Gasteiger charge is -2.13. The third-order valence-electron chi connectivity index (χ3n) is 3.89. The van der Waals surface area contributed by atoms with Crippen LogP contribution in [0.1, 0.15) is 38.0 Å². The van der Waals surface area contributed by atoms with Crippen molar-refractivity contribution in [1.82, 2.24) is 0 Å². The normalized spacial score (nSPS) is 14.2. The van der Waals surface area contributed by atoms with Crippen molar-refractivity contribution >= 4 is 29.4 Å². The minimum absolute atomic E-state index is 0.000967. The Morgan fingerprint density at radius 2 is 1.65 bits per heavy atom. The van der Waals surface area contributed by atoms with Gasteiger partial charge in [0.1, 0.15) is 5.82 Å². The summed E-state index contributed by atoms with van der Waals surface area (Å²) >= 11 is 0. The molecule has 2 N–H and O–H groups in total. The van der Waals surface area contributed by atoms with Gasteiger partial charge in [0.05, 0.1) is 22.4 Å². The summed E-state index contributed by atoms with van der Waals surface area (Å²) in [5, 5.41) is 0. The van der Waals surface area contributed by atoms with E-state index in [1.54, 1.807) is 0 Å². The number of nitrogens with two attached hydrogens (primary N) is 1. The molecule has 1 aliphatic heterocycles. The Balaban J connectivity index is 1.91. The van der Waals surface area contributed by atoms with Crippen LogP contribution in [0.15, 0.2) is 42.5 Å². The number of esters is 1. The number of rotatable bonds is 4. The summed E-state index contributed by atoms with van der Waals surface area (Å²) in [5.74, 6) is -3.39. The maximum Gasteiger partial charge on any atom is 0.338 e. The molecule has 1 aliphatic rings. The fourth-order valence-electron chi connectivity index (χ4n) is 2.48. The first-order valence-electron chi connectivity index (χ1n) is 7.58. The monoisotopic (exact) mass is 356 g/mol. The number of amides is 3. The summed E-state index contributed by atoms with van der Waals surface area (Å²) < 4.78 is 17.9. The molecule has 0 saturated carbocycles. The van der Waals surface area contributed by atoms with Crippen LogP contribution in [0.2, 0.25) is 0 Å². The van der Waals surface area contributed by atoms with Gasteiger partial charge in [-0.15, -0.1) is 0 Å². The molecule has 26 heavy (non-hydrogen) atoms. The number of nitrogens with zero attached hydrogens (tertiary/aromatic N) is 1. The second kappa shape index (κ2) is 6.40. The number of anilines is 1. The Bertz CT molecular complexity index is 939. The number of imide groups is 1. The van der Waals surface area contributed by atoms with Gasteiger partial charge in [-0.1, -0.05) is 0 Å². The molecule has 0 bridgehead atoms. The second-order valence-electron chi connectivity index (χ2n) is 5.63. The predicted molar refractivity (Wildman–Crippen MR) is 88.1 cm³/mol. The van der Waals surface area contributed by atoms with Crippen molar-refractivity contribution in [3.63, 3.8) is 0 Å². The first-order valence-corrected chi connectivity index (χ1v) is 7.58. The second-order valence-corrected chi connectivity index (χ2v) is 5.63. The Morgan fingerprint density at radius 1 is 1.04 bits per heavy atom. The molecule has 8 heteroatoms. The molecule has 1 heterocycles. The van der Waals surface area contributed by atoms with Crippen LogP contribution in [0.25, 0.3) is 0 Å². The van der Waals surface area contributed by atoms with E-state index in [9.17, 15) is 23.6 Å². The molecule has 0 fully saturated rings. The summed E-state index contributed by atoms with van der Waals surface area (Å²) in [6.45, 7) is 1.32. The molecule has 0 spiro atoms. The van der Waals surface area contributed by atoms with Gasteiger partial charge in [0.2, 0.25) is 0 Å². The highest BCUT2D eigenvalue weighted by molar-refractivity contribution is 6.34. The molecule has 0 aromatic heterocycles. The lowest BCUT2D eigenvalue weighted by atomic mass is 10.1. The minimum Gasteiger partial charge on any atom is -0.449 e. The topological polar surface area (TPSA) is 107 Å². The van der Waals surface area contributed by atoms with Crippen molar-refractivity contribution in [2.75, 3.05) is 4.90 Å². The van der Waals surface area contributed by atoms with Gasteiger partial charge < -0.3 is 10.5 Å². The number of benzene rings is 2. The van der Waals surface area contributed by atoms with Gasteiger partial charge >= 0.3 is 5.97 Å². The van der Waals surface area contributed by atoms with Gasteiger partial charge in [0.15, 0.2) is 6.10 Å². The number of hydrogen-bond donors (Lipinski definition) is 1. The molecule has 0 unspecified atom stereocenters. The van der Waals surface area contributed by atoms with Gasteiger partial charge in [-0.2, -0.15) is 0 Å². The molecule has 1 atom stereocenters. The van der Waals surface area contributed by atoms with Gasteiger partial charge in [-0.3, -0.25) is 14.4 Å². The van der Waals surface area contributed by atoms with Crippen LogP contribution in [-0.2, 0) is 9.53 Å². The highest BCUT2D eigenvalue weighted by atomic mass is 19.1. The van der Waals surface area contributed by atoms with Crippen LogP contribution in [0.3, 0.4) is 0 Å². The van der Waals surface area contributed by atoms with E-state index in [1.807, 2.05) is 0 Å². The van der Waals surface area contributed by atoms with Gasteiger partial charge in [0, 0.05) is 0 Å². The zero-order valence-electron chi connectivity index (χ0n) is 13.6. The SMILES string of the molecule is C[C@@H](OC(=O)c1ccc2c(c1)C(=O)N(c1ccc(F)cc1)C2=O)C(N)=O. The van der Waals surface area contributed by atoms with Crippen LogP contribution in [-0.4, -0.2) is 29.8 Å². The molecular formula is C18H13FN2O5. The predicted octanol–water partition coefficient (Wildman–Crippen LogP) is 1.66.